The Kier molecular flexibility index (Phi) is 7.93. The van der Waals surface area contributed by atoms with Gasteiger partial charge in [-0.15, -0.1) is 0 Å². The number of hydrogen-bond acceptors (Lipinski definition) is 7. The molecule has 3 aromatic carbocycles. The van der Waals surface area contributed by atoms with E-state index in [1.165, 1.54) is 36.5 Å². The van der Waals surface area contributed by atoms with Crippen molar-refractivity contribution in [1.82, 2.24) is 5.43 Å². The minimum absolute atomic E-state index is 0.00852. The zero-order valence-corrected chi connectivity index (χ0v) is 19.0. The van der Waals surface area contributed by atoms with Crippen molar-refractivity contribution in [2.75, 3.05) is 17.5 Å². The molecule has 0 saturated heterocycles. The molecule has 3 aromatic rings. The lowest BCUT2D eigenvalue weighted by molar-refractivity contribution is -0.384. The zero-order valence-electron chi connectivity index (χ0n) is 18.2. The molecule has 0 aromatic heterocycles. The van der Waals surface area contributed by atoms with Gasteiger partial charge in [-0.1, -0.05) is 42.5 Å². The number of nitrogens with one attached hydrogen (secondary N) is 1. The number of nitro benzene ring substituents is 1. The molecule has 0 bridgehead atoms. The Morgan fingerprint density at radius 3 is 2.50 bits per heavy atom. The Morgan fingerprint density at radius 2 is 1.79 bits per heavy atom. The summed E-state index contributed by atoms with van der Waals surface area (Å²) in [6.45, 7) is 1.49. The highest BCUT2D eigenvalue weighted by molar-refractivity contribution is 7.92. The van der Waals surface area contributed by atoms with Crippen molar-refractivity contribution in [3.63, 3.8) is 0 Å². The minimum atomic E-state index is -4.12. The number of carbonyl (C=O) groups excluding carboxylic acids is 1. The second-order valence-electron chi connectivity index (χ2n) is 6.87. The third kappa shape index (κ3) is 5.95. The molecule has 0 unspecified atom stereocenters. The molecule has 34 heavy (non-hydrogen) atoms. The van der Waals surface area contributed by atoms with Crippen molar-refractivity contribution in [2.24, 2.45) is 5.10 Å². The average molecular weight is 483 g/mol. The topological polar surface area (TPSA) is 131 Å². The first-order chi connectivity index (χ1) is 16.3. The summed E-state index contributed by atoms with van der Waals surface area (Å²) in [5.74, 6) is -0.412. The molecule has 0 aliphatic heterocycles. The van der Waals surface area contributed by atoms with Crippen LogP contribution < -0.4 is 14.5 Å². The Hall–Kier alpha value is -4.25. The molecule has 1 amide bonds. The van der Waals surface area contributed by atoms with Crippen LogP contribution in [0.15, 0.2) is 88.9 Å². The van der Waals surface area contributed by atoms with Crippen molar-refractivity contribution < 1.29 is 22.9 Å². The second kappa shape index (κ2) is 11.1. The van der Waals surface area contributed by atoms with Crippen LogP contribution in [0.1, 0.15) is 12.5 Å². The van der Waals surface area contributed by atoms with Gasteiger partial charge >= 0.3 is 0 Å². The molecule has 3 rings (SSSR count). The summed E-state index contributed by atoms with van der Waals surface area (Å²) in [6.07, 6.45) is 1.23. The predicted octanol–water partition coefficient (Wildman–Crippen LogP) is 3.34. The standard InChI is InChI=1S/C23H22N4O6S/c1-2-33-22-14-7-6-13-21(22)26(34(31,32)20-11-4-3-5-12-20)17-23(28)25-24-16-18-9-8-10-19(15-18)27(29)30/h3-16H,2,17H2,1H3,(H,25,28)/b24-16-. The number of ether oxygens (including phenoxy) is 1. The van der Waals surface area contributed by atoms with Gasteiger partial charge < -0.3 is 4.74 Å². The van der Waals surface area contributed by atoms with E-state index in [0.29, 0.717) is 17.9 Å². The van der Waals surface area contributed by atoms with Crippen molar-refractivity contribution in [3.8, 4) is 5.75 Å². The fourth-order valence-corrected chi connectivity index (χ4v) is 4.48. The van der Waals surface area contributed by atoms with E-state index in [-0.39, 0.29) is 16.3 Å². The minimum Gasteiger partial charge on any atom is -0.492 e. The van der Waals surface area contributed by atoms with Gasteiger partial charge in [0.1, 0.15) is 12.3 Å². The number of rotatable bonds is 10. The third-order valence-corrected chi connectivity index (χ3v) is 6.31. The van der Waals surface area contributed by atoms with E-state index in [4.69, 9.17) is 4.74 Å². The number of anilines is 1. The van der Waals surface area contributed by atoms with E-state index in [1.54, 1.807) is 55.5 Å². The summed E-state index contributed by atoms with van der Waals surface area (Å²) in [4.78, 5) is 23.0. The van der Waals surface area contributed by atoms with Crippen molar-refractivity contribution in [1.29, 1.82) is 0 Å². The molecule has 0 spiro atoms. The molecule has 176 valence electrons. The van der Waals surface area contributed by atoms with E-state index in [2.05, 4.69) is 10.5 Å². The number of carbonyl (C=O) groups is 1. The molecule has 0 heterocycles. The predicted molar refractivity (Wildman–Crippen MR) is 127 cm³/mol. The number of non-ortho nitro benzene ring substituents is 1. The number of amides is 1. The Bertz CT molecular complexity index is 1300. The number of para-hydroxylation sites is 2. The van der Waals surface area contributed by atoms with Gasteiger partial charge in [-0.05, 0) is 31.2 Å². The van der Waals surface area contributed by atoms with Crippen LogP contribution in [0, 0.1) is 10.1 Å². The number of sulfonamides is 1. The highest BCUT2D eigenvalue weighted by atomic mass is 32.2. The van der Waals surface area contributed by atoms with Crippen LogP contribution >= 0.6 is 0 Å². The van der Waals surface area contributed by atoms with Crippen LogP contribution in [0.3, 0.4) is 0 Å². The maximum absolute atomic E-state index is 13.4. The lowest BCUT2D eigenvalue weighted by Gasteiger charge is -2.25. The van der Waals surface area contributed by atoms with Gasteiger partial charge in [0.25, 0.3) is 21.6 Å². The summed E-state index contributed by atoms with van der Waals surface area (Å²) in [7, 11) is -4.12. The van der Waals surface area contributed by atoms with Crippen molar-refractivity contribution in [2.45, 2.75) is 11.8 Å². The number of hydrazone groups is 1. The van der Waals surface area contributed by atoms with Gasteiger partial charge in [0.2, 0.25) is 0 Å². The molecule has 11 heteroatoms. The highest BCUT2D eigenvalue weighted by Gasteiger charge is 2.29. The van der Waals surface area contributed by atoms with Crippen LogP contribution in [0.5, 0.6) is 5.75 Å². The molecule has 0 radical (unpaired) electrons. The number of nitro groups is 1. The largest absolute Gasteiger partial charge is 0.492 e. The molecule has 0 atom stereocenters. The maximum Gasteiger partial charge on any atom is 0.270 e. The van der Waals surface area contributed by atoms with Crippen molar-refractivity contribution >= 4 is 33.5 Å². The quantitative estimate of drug-likeness (QED) is 0.268. The third-order valence-electron chi connectivity index (χ3n) is 4.54. The maximum atomic E-state index is 13.4. The lowest BCUT2D eigenvalue weighted by Crippen LogP contribution is -2.39. The van der Waals surface area contributed by atoms with Crippen LogP contribution in [-0.2, 0) is 14.8 Å². The molecule has 0 saturated carbocycles. The summed E-state index contributed by atoms with van der Waals surface area (Å²) in [5.41, 5.74) is 2.74. The van der Waals surface area contributed by atoms with Gasteiger partial charge in [0.05, 0.1) is 28.3 Å². The number of nitrogens with zero attached hydrogens (tertiary/aromatic N) is 3. The summed E-state index contributed by atoms with van der Waals surface area (Å²) >= 11 is 0. The monoisotopic (exact) mass is 482 g/mol. The van der Waals surface area contributed by atoms with E-state index in [0.717, 1.165) is 4.31 Å². The molecule has 0 fully saturated rings. The first-order valence-corrected chi connectivity index (χ1v) is 11.6. The lowest BCUT2D eigenvalue weighted by atomic mass is 10.2. The molecule has 0 aliphatic carbocycles. The SMILES string of the molecule is CCOc1ccccc1N(CC(=O)N/N=C\c1cccc([N+](=O)[O-])c1)S(=O)(=O)c1ccccc1. The summed E-state index contributed by atoms with van der Waals surface area (Å²) < 4.78 is 33.3. The van der Waals surface area contributed by atoms with Gasteiger partial charge in [-0.25, -0.2) is 13.8 Å². The van der Waals surface area contributed by atoms with Gasteiger partial charge in [-0.2, -0.15) is 5.10 Å². The normalized spacial score (nSPS) is 11.2. The fourth-order valence-electron chi connectivity index (χ4n) is 3.02. The first-order valence-electron chi connectivity index (χ1n) is 10.2. The van der Waals surface area contributed by atoms with Gasteiger partial charge in [-0.3, -0.25) is 19.2 Å². The van der Waals surface area contributed by atoms with Crippen molar-refractivity contribution in [3.05, 3.63) is 94.5 Å². The molecule has 10 nitrogen and oxygen atoms in total. The molecule has 0 aliphatic rings. The first kappa shape index (κ1) is 24.4. The average Bonchev–Trinajstić information content (AvgIpc) is 2.84. The van der Waals surface area contributed by atoms with E-state index < -0.39 is 27.4 Å². The highest BCUT2D eigenvalue weighted by Crippen LogP contribution is 2.32. The summed E-state index contributed by atoms with van der Waals surface area (Å²) in [5, 5.41) is 14.7. The number of hydrogen-bond donors (Lipinski definition) is 1. The molecular weight excluding hydrogens is 460 g/mol. The zero-order chi connectivity index (χ0) is 24.6. The second-order valence-corrected chi connectivity index (χ2v) is 8.73. The van der Waals surface area contributed by atoms with E-state index in [1.807, 2.05) is 0 Å². The van der Waals surface area contributed by atoms with Crippen LogP contribution in [-0.4, -0.2) is 38.6 Å². The Balaban J connectivity index is 1.87. The smallest absolute Gasteiger partial charge is 0.270 e. The Labute approximate surface area is 196 Å². The Morgan fingerprint density at radius 1 is 1.09 bits per heavy atom. The van der Waals surface area contributed by atoms with Crippen LogP contribution in [0.25, 0.3) is 0 Å². The van der Waals surface area contributed by atoms with E-state index >= 15 is 0 Å². The molecule has 1 N–H and O–H groups in total. The summed E-state index contributed by atoms with van der Waals surface area (Å²) in [6, 6.07) is 19.9. The van der Waals surface area contributed by atoms with Gasteiger partial charge in [0.15, 0.2) is 0 Å². The van der Waals surface area contributed by atoms with Crippen LogP contribution in [0.2, 0.25) is 0 Å². The molecular formula is C23H22N4O6S. The van der Waals surface area contributed by atoms with E-state index in [9.17, 15) is 23.3 Å². The van der Waals surface area contributed by atoms with Gasteiger partial charge in [0, 0.05) is 17.7 Å². The number of benzene rings is 3. The van der Waals surface area contributed by atoms with Crippen LogP contribution in [0.4, 0.5) is 11.4 Å². The fraction of sp³-hybridized carbons (Fsp3) is 0.130.